The molecule has 0 amide bonds. The topological polar surface area (TPSA) is 39.6 Å². The summed E-state index contributed by atoms with van der Waals surface area (Å²) >= 11 is 18.4. The Kier molecular flexibility index (Phi) is 5.68. The van der Waals surface area contributed by atoms with E-state index < -0.39 is 11.9 Å². The average Bonchev–Trinajstić information content (AvgIpc) is 2.97. The molecule has 0 fully saturated rings. The molecule has 2 aromatic carbocycles. The Hall–Kier alpha value is -1.78. The average molecular weight is 448 g/mol. The van der Waals surface area contributed by atoms with E-state index >= 15 is 0 Å². The lowest BCUT2D eigenvalue weighted by Crippen LogP contribution is -2.07. The van der Waals surface area contributed by atoms with Gasteiger partial charge in [0.2, 0.25) is 0 Å². The third kappa shape index (κ3) is 4.22. The van der Waals surface area contributed by atoms with E-state index in [1.165, 1.54) is 30.3 Å². The van der Waals surface area contributed by atoms with E-state index in [4.69, 9.17) is 34.8 Å². The molecule has 0 saturated carbocycles. The smallest absolute Gasteiger partial charge is 0.349 e. The lowest BCUT2D eigenvalue weighted by molar-refractivity contribution is -0.142. The first-order valence-corrected chi connectivity index (χ1v) is 9.28. The van der Waals surface area contributed by atoms with Crippen LogP contribution >= 0.6 is 46.6 Å². The van der Waals surface area contributed by atoms with Gasteiger partial charge in [-0.15, -0.1) is 0 Å². The molecular weight excluding hydrogens is 440 g/mol. The van der Waals surface area contributed by atoms with Gasteiger partial charge in [-0.2, -0.15) is 18.4 Å². The maximum Gasteiger partial charge on any atom is 0.432 e. The first-order chi connectivity index (χ1) is 12.7. The highest BCUT2D eigenvalue weighted by Crippen LogP contribution is 2.45. The second-order valence-electron chi connectivity index (χ2n) is 5.37. The van der Waals surface area contributed by atoms with E-state index in [1.807, 2.05) is 6.07 Å². The molecule has 0 unspecified atom stereocenters. The van der Waals surface area contributed by atoms with Crippen molar-refractivity contribution in [3.63, 3.8) is 0 Å². The van der Waals surface area contributed by atoms with Crippen molar-refractivity contribution >= 4 is 46.6 Å². The molecule has 3 rings (SSSR count). The summed E-state index contributed by atoms with van der Waals surface area (Å²) in [6, 6.07) is 12.5. The summed E-state index contributed by atoms with van der Waals surface area (Å²) in [5.41, 5.74) is -0.618. The molecule has 0 saturated heterocycles. The maximum absolute atomic E-state index is 13.6. The molecule has 0 aliphatic carbocycles. The number of nitriles is 1. The zero-order chi connectivity index (χ0) is 19.8. The molecule has 1 heterocycles. The Morgan fingerprint density at radius 2 is 1.63 bits per heavy atom. The molecule has 0 atom stereocenters. The number of H-pyrrole nitrogens is 1. The number of halogens is 6. The van der Waals surface area contributed by atoms with Gasteiger partial charge < -0.3 is 4.98 Å². The molecule has 3 aromatic rings. The third-order valence-electron chi connectivity index (χ3n) is 3.59. The van der Waals surface area contributed by atoms with Gasteiger partial charge in [-0.1, -0.05) is 58.7 Å². The number of nitrogens with zero attached hydrogens (tertiary/aromatic N) is 1. The number of alkyl halides is 3. The van der Waals surface area contributed by atoms with E-state index in [0.717, 1.165) is 11.8 Å². The number of nitrogens with one attached hydrogen (secondary N) is 1. The van der Waals surface area contributed by atoms with Crippen molar-refractivity contribution in [2.75, 3.05) is 0 Å². The molecule has 138 valence electrons. The highest BCUT2D eigenvalue weighted by Gasteiger charge is 2.38. The fourth-order valence-electron chi connectivity index (χ4n) is 2.38. The SMILES string of the molecule is N#Cc1c(-c2ccc(Cl)cc2)[nH]c(C(F)(F)F)c1Sc1ccc(Cl)c(Cl)c1. The van der Waals surface area contributed by atoms with Crippen LogP contribution in [0.2, 0.25) is 15.1 Å². The Labute approximate surface area is 171 Å². The van der Waals surface area contributed by atoms with Gasteiger partial charge in [0.1, 0.15) is 11.8 Å². The van der Waals surface area contributed by atoms with Gasteiger partial charge >= 0.3 is 6.18 Å². The third-order valence-corrected chi connectivity index (χ3v) is 5.69. The normalized spacial score (nSPS) is 11.4. The van der Waals surface area contributed by atoms with Crippen LogP contribution in [-0.2, 0) is 6.18 Å². The highest BCUT2D eigenvalue weighted by molar-refractivity contribution is 7.99. The quantitative estimate of drug-likeness (QED) is 0.447. The van der Waals surface area contributed by atoms with Crippen molar-refractivity contribution in [2.24, 2.45) is 0 Å². The van der Waals surface area contributed by atoms with Gasteiger partial charge in [0.25, 0.3) is 0 Å². The van der Waals surface area contributed by atoms with Crippen LogP contribution in [0.15, 0.2) is 52.3 Å². The monoisotopic (exact) mass is 446 g/mol. The summed E-state index contributed by atoms with van der Waals surface area (Å²) in [4.78, 5) is 2.55. The summed E-state index contributed by atoms with van der Waals surface area (Å²) in [5.74, 6) is 0. The lowest BCUT2D eigenvalue weighted by atomic mass is 10.1. The summed E-state index contributed by atoms with van der Waals surface area (Å²) < 4.78 is 40.7. The fraction of sp³-hybridized carbons (Fsp3) is 0.0556. The molecule has 0 radical (unpaired) electrons. The Balaban J connectivity index is 2.17. The van der Waals surface area contributed by atoms with Gasteiger partial charge in [0.05, 0.1) is 26.2 Å². The number of hydrogen-bond donors (Lipinski definition) is 1. The van der Waals surface area contributed by atoms with Crippen molar-refractivity contribution < 1.29 is 13.2 Å². The van der Waals surface area contributed by atoms with Crippen LogP contribution in [0.5, 0.6) is 0 Å². The molecule has 2 nitrogen and oxygen atoms in total. The minimum Gasteiger partial charge on any atom is -0.349 e. The van der Waals surface area contributed by atoms with Crippen molar-refractivity contribution in [3.05, 3.63) is 68.8 Å². The molecule has 0 spiro atoms. The van der Waals surface area contributed by atoms with Gasteiger partial charge in [-0.05, 0) is 35.9 Å². The van der Waals surface area contributed by atoms with Gasteiger partial charge in [0, 0.05) is 9.92 Å². The van der Waals surface area contributed by atoms with Crippen LogP contribution in [-0.4, -0.2) is 4.98 Å². The molecule has 0 aliphatic heterocycles. The minimum absolute atomic E-state index is 0.0732. The van der Waals surface area contributed by atoms with Crippen molar-refractivity contribution in [3.8, 4) is 17.3 Å². The number of rotatable bonds is 3. The highest BCUT2D eigenvalue weighted by atomic mass is 35.5. The lowest BCUT2D eigenvalue weighted by Gasteiger charge is -2.08. The van der Waals surface area contributed by atoms with Crippen LogP contribution in [0.3, 0.4) is 0 Å². The van der Waals surface area contributed by atoms with Gasteiger partial charge in [0.15, 0.2) is 0 Å². The Bertz CT molecular complexity index is 1040. The van der Waals surface area contributed by atoms with Crippen molar-refractivity contribution in [1.82, 2.24) is 4.98 Å². The van der Waals surface area contributed by atoms with E-state index in [-0.39, 0.29) is 26.2 Å². The van der Waals surface area contributed by atoms with Crippen LogP contribution in [0.4, 0.5) is 13.2 Å². The van der Waals surface area contributed by atoms with Crippen LogP contribution in [0, 0.1) is 11.3 Å². The predicted octanol–water partition coefficient (Wildman–Crippen LogP) is 7.68. The number of aromatic nitrogens is 1. The van der Waals surface area contributed by atoms with Crippen molar-refractivity contribution in [1.29, 1.82) is 5.26 Å². The maximum atomic E-state index is 13.6. The zero-order valence-corrected chi connectivity index (χ0v) is 16.2. The number of hydrogen-bond acceptors (Lipinski definition) is 2. The zero-order valence-electron chi connectivity index (χ0n) is 13.2. The standard InChI is InChI=1S/C18H8Cl3F3N2S/c19-10-3-1-9(2-4-10)15-12(8-25)16(17(26-15)18(22,23)24)27-11-5-6-13(20)14(21)7-11/h1-7,26H. The van der Waals surface area contributed by atoms with Gasteiger partial charge in [-0.3, -0.25) is 0 Å². The second kappa shape index (κ2) is 7.69. The molecule has 0 bridgehead atoms. The molecule has 1 N–H and O–H groups in total. The second-order valence-corrected chi connectivity index (χ2v) is 7.71. The fourth-order valence-corrected chi connectivity index (χ4v) is 3.94. The van der Waals surface area contributed by atoms with Crippen LogP contribution < -0.4 is 0 Å². The van der Waals surface area contributed by atoms with E-state index in [0.29, 0.717) is 15.5 Å². The summed E-state index contributed by atoms with van der Waals surface area (Å²) in [5, 5.41) is 10.5. The van der Waals surface area contributed by atoms with Crippen LogP contribution in [0.1, 0.15) is 11.3 Å². The van der Waals surface area contributed by atoms with Crippen molar-refractivity contribution in [2.45, 2.75) is 16.0 Å². The Morgan fingerprint density at radius 1 is 0.963 bits per heavy atom. The number of aromatic amines is 1. The number of benzene rings is 2. The van der Waals surface area contributed by atoms with E-state index in [9.17, 15) is 18.4 Å². The van der Waals surface area contributed by atoms with Crippen LogP contribution in [0.25, 0.3) is 11.3 Å². The van der Waals surface area contributed by atoms with E-state index in [1.54, 1.807) is 12.1 Å². The first kappa shape index (κ1) is 20.0. The summed E-state index contributed by atoms with van der Waals surface area (Å²) in [6.07, 6.45) is -4.67. The van der Waals surface area contributed by atoms with E-state index in [2.05, 4.69) is 4.98 Å². The molecule has 1 aromatic heterocycles. The first-order valence-electron chi connectivity index (χ1n) is 7.33. The predicted molar refractivity (Wildman–Crippen MR) is 102 cm³/mol. The molecule has 0 aliphatic rings. The summed E-state index contributed by atoms with van der Waals surface area (Å²) in [6.45, 7) is 0. The Morgan fingerprint density at radius 3 is 2.19 bits per heavy atom. The molecule has 9 heteroatoms. The summed E-state index contributed by atoms with van der Waals surface area (Å²) in [7, 11) is 0. The minimum atomic E-state index is -4.67. The molecular formula is C18H8Cl3F3N2S. The van der Waals surface area contributed by atoms with Gasteiger partial charge in [-0.25, -0.2) is 0 Å². The largest absolute Gasteiger partial charge is 0.432 e. The molecule has 27 heavy (non-hydrogen) atoms.